The molecule has 0 saturated carbocycles. The van der Waals surface area contributed by atoms with Gasteiger partial charge in [-0.3, -0.25) is 0 Å². The Morgan fingerprint density at radius 2 is 0.844 bits per heavy atom. The third-order valence-corrected chi connectivity index (χ3v) is 12.3. The van der Waals surface area contributed by atoms with Crippen LogP contribution in [0.2, 0.25) is 0 Å². The third-order valence-electron chi connectivity index (χ3n) is 12.3. The minimum atomic E-state index is 0.582. The Labute approximate surface area is 366 Å². The highest BCUT2D eigenvalue weighted by molar-refractivity contribution is 6.27. The van der Waals surface area contributed by atoms with Crippen molar-refractivity contribution in [3.63, 3.8) is 0 Å². The third kappa shape index (κ3) is 5.81. The number of aromatic nitrogens is 4. The number of hydrogen-bond acceptors (Lipinski definition) is 6. The molecular formula is C58H34N4O2. The Morgan fingerprint density at radius 3 is 1.61 bits per heavy atom. The molecular weight excluding hydrogens is 785 g/mol. The van der Waals surface area contributed by atoms with Gasteiger partial charge in [0.1, 0.15) is 22.3 Å². The topological polar surface area (TPSA) is 77.8 Å². The van der Waals surface area contributed by atoms with Crippen molar-refractivity contribution in [2.45, 2.75) is 0 Å². The fourth-order valence-electron chi connectivity index (χ4n) is 9.36. The van der Waals surface area contributed by atoms with Crippen LogP contribution >= 0.6 is 0 Å². The van der Waals surface area contributed by atoms with Gasteiger partial charge in [0.15, 0.2) is 17.5 Å². The van der Waals surface area contributed by atoms with E-state index >= 15 is 0 Å². The molecule has 0 aliphatic heterocycles. The quantitative estimate of drug-likeness (QED) is 0.156. The van der Waals surface area contributed by atoms with Gasteiger partial charge in [0.25, 0.3) is 0 Å². The molecule has 4 aromatic heterocycles. The maximum Gasteiger partial charge on any atom is 0.164 e. The van der Waals surface area contributed by atoms with Crippen LogP contribution in [-0.4, -0.2) is 19.9 Å². The van der Waals surface area contributed by atoms with Crippen LogP contribution in [0.5, 0.6) is 0 Å². The van der Waals surface area contributed by atoms with Crippen LogP contribution < -0.4 is 0 Å². The predicted molar refractivity (Wildman–Crippen MR) is 260 cm³/mol. The second-order valence-corrected chi connectivity index (χ2v) is 16.1. The number of para-hydroxylation sites is 4. The average Bonchev–Trinajstić information content (AvgIpc) is 3.94. The zero-order valence-corrected chi connectivity index (χ0v) is 34.2. The molecule has 298 valence electrons. The lowest BCUT2D eigenvalue weighted by Gasteiger charge is -2.16. The summed E-state index contributed by atoms with van der Waals surface area (Å²) in [7, 11) is 0. The number of fused-ring (bicyclic) bond motifs is 9. The molecule has 6 nitrogen and oxygen atoms in total. The van der Waals surface area contributed by atoms with Gasteiger partial charge in [-0.1, -0.05) is 176 Å². The summed E-state index contributed by atoms with van der Waals surface area (Å²) in [6.07, 6.45) is 0. The summed E-state index contributed by atoms with van der Waals surface area (Å²) in [5.74, 6) is 1.76. The Hall–Kier alpha value is -8.74. The molecule has 0 amide bonds. The molecule has 0 radical (unpaired) electrons. The van der Waals surface area contributed by atoms with E-state index < -0.39 is 0 Å². The molecule has 6 heteroatoms. The van der Waals surface area contributed by atoms with E-state index in [1.54, 1.807) is 0 Å². The second-order valence-electron chi connectivity index (χ2n) is 16.1. The van der Waals surface area contributed by atoms with Crippen LogP contribution in [0.15, 0.2) is 215 Å². The van der Waals surface area contributed by atoms with E-state index in [0.717, 1.165) is 116 Å². The van der Waals surface area contributed by atoms with Crippen molar-refractivity contribution >= 4 is 65.6 Å². The van der Waals surface area contributed by atoms with Crippen LogP contribution in [0.3, 0.4) is 0 Å². The van der Waals surface area contributed by atoms with Crippen molar-refractivity contribution in [3.05, 3.63) is 206 Å². The zero-order chi connectivity index (χ0) is 42.1. The molecule has 0 fully saturated rings. The van der Waals surface area contributed by atoms with E-state index in [0.29, 0.717) is 17.5 Å². The van der Waals surface area contributed by atoms with Crippen molar-refractivity contribution in [1.82, 2.24) is 19.9 Å². The van der Waals surface area contributed by atoms with Crippen molar-refractivity contribution in [2.24, 2.45) is 0 Å². The summed E-state index contributed by atoms with van der Waals surface area (Å²) in [5, 5.41) is 7.56. The first-order chi connectivity index (χ1) is 31.7. The van der Waals surface area contributed by atoms with E-state index in [-0.39, 0.29) is 0 Å². The molecule has 0 unspecified atom stereocenters. The summed E-state index contributed by atoms with van der Waals surface area (Å²) < 4.78 is 13.1. The zero-order valence-electron chi connectivity index (χ0n) is 34.2. The highest BCUT2D eigenvalue weighted by Crippen LogP contribution is 2.46. The van der Waals surface area contributed by atoms with Gasteiger partial charge in [0.2, 0.25) is 0 Å². The molecule has 4 heterocycles. The van der Waals surface area contributed by atoms with Gasteiger partial charge >= 0.3 is 0 Å². The van der Waals surface area contributed by atoms with E-state index in [2.05, 4.69) is 140 Å². The van der Waals surface area contributed by atoms with Crippen LogP contribution in [0, 0.1) is 0 Å². The predicted octanol–water partition coefficient (Wildman–Crippen LogP) is 15.4. The number of hydrogen-bond donors (Lipinski definition) is 0. The average molecular weight is 819 g/mol. The first-order valence-electron chi connectivity index (χ1n) is 21.4. The summed E-state index contributed by atoms with van der Waals surface area (Å²) >= 11 is 0. The van der Waals surface area contributed by atoms with Gasteiger partial charge in [0, 0.05) is 71.1 Å². The van der Waals surface area contributed by atoms with Gasteiger partial charge in [-0.15, -0.1) is 0 Å². The summed E-state index contributed by atoms with van der Waals surface area (Å²) in [5.41, 5.74) is 13.1. The molecule has 13 aromatic rings. The van der Waals surface area contributed by atoms with Crippen LogP contribution in [-0.2, 0) is 0 Å². The molecule has 0 aliphatic rings. The van der Waals surface area contributed by atoms with Gasteiger partial charge in [-0.25, -0.2) is 19.9 Å². The van der Waals surface area contributed by atoms with E-state index in [1.165, 1.54) is 0 Å². The monoisotopic (exact) mass is 818 g/mol. The molecule has 13 rings (SSSR count). The Kier molecular flexibility index (Phi) is 8.11. The SMILES string of the molecule is c1ccc(-c2nc(-c3ccc(-c4c5c(cc6c(-c7ccccc7)nc7ccccc7c46)oc4ccccc45)cc3)nc(-c3cccc(-c4cccc5c4oc4ccccc45)c3)n2)cc1. The molecule has 0 aliphatic carbocycles. The van der Waals surface area contributed by atoms with Crippen molar-refractivity contribution < 1.29 is 8.83 Å². The first kappa shape index (κ1) is 36.0. The fraction of sp³-hybridized carbons (Fsp3) is 0. The van der Waals surface area contributed by atoms with Gasteiger partial charge in [-0.2, -0.15) is 0 Å². The van der Waals surface area contributed by atoms with Gasteiger partial charge in [-0.05, 0) is 41.5 Å². The molecule has 0 spiro atoms. The maximum atomic E-state index is 6.64. The minimum Gasteiger partial charge on any atom is -0.456 e. The molecule has 0 N–H and O–H groups in total. The Morgan fingerprint density at radius 1 is 0.297 bits per heavy atom. The lowest BCUT2D eigenvalue weighted by molar-refractivity contribution is 0.669. The number of benzene rings is 9. The molecule has 64 heavy (non-hydrogen) atoms. The Bertz CT molecular complexity index is 3950. The van der Waals surface area contributed by atoms with Gasteiger partial charge in [0.05, 0.1) is 11.2 Å². The van der Waals surface area contributed by atoms with Gasteiger partial charge < -0.3 is 8.83 Å². The summed E-state index contributed by atoms with van der Waals surface area (Å²) in [6, 6.07) is 70.9. The summed E-state index contributed by atoms with van der Waals surface area (Å²) in [4.78, 5) is 20.6. The van der Waals surface area contributed by atoms with E-state index in [9.17, 15) is 0 Å². The summed E-state index contributed by atoms with van der Waals surface area (Å²) in [6.45, 7) is 0. The molecule has 0 saturated heterocycles. The normalized spacial score (nSPS) is 11.8. The van der Waals surface area contributed by atoms with Crippen molar-refractivity contribution in [3.8, 4) is 67.7 Å². The lowest BCUT2D eigenvalue weighted by atomic mass is 9.89. The van der Waals surface area contributed by atoms with E-state index in [4.69, 9.17) is 28.8 Å². The van der Waals surface area contributed by atoms with Crippen LogP contribution in [0.25, 0.3) is 133 Å². The minimum absolute atomic E-state index is 0.582. The van der Waals surface area contributed by atoms with Crippen LogP contribution in [0.1, 0.15) is 0 Å². The van der Waals surface area contributed by atoms with E-state index in [1.807, 2.05) is 66.7 Å². The Balaban J connectivity index is 0.993. The maximum absolute atomic E-state index is 6.64. The number of furan rings is 2. The largest absolute Gasteiger partial charge is 0.456 e. The molecule has 0 atom stereocenters. The lowest BCUT2D eigenvalue weighted by Crippen LogP contribution is -2.00. The number of rotatable bonds is 6. The standard InChI is InChI=1S/C58H34N4O2/c1-3-15-36(16-4-1)54-46-34-50-53(45-23-9-12-28-49(45)63-50)51(52(46)44-22-7-10-26-47(44)59-54)35-29-31-38(32-30-35)57-60-56(37-17-5-2-6-18-37)61-58(62-57)40-20-13-19-39(33-40)41-24-14-25-43-42-21-8-11-27-48(42)64-55(41)43/h1-34H. The van der Waals surface area contributed by atoms with Crippen molar-refractivity contribution in [2.75, 3.05) is 0 Å². The van der Waals surface area contributed by atoms with Crippen molar-refractivity contribution in [1.29, 1.82) is 0 Å². The van der Waals surface area contributed by atoms with Crippen LogP contribution in [0.4, 0.5) is 0 Å². The fourth-order valence-corrected chi connectivity index (χ4v) is 9.36. The molecule has 9 aromatic carbocycles. The number of pyridine rings is 1. The smallest absolute Gasteiger partial charge is 0.164 e. The highest BCUT2D eigenvalue weighted by Gasteiger charge is 2.22. The number of nitrogens with zero attached hydrogens (tertiary/aromatic N) is 4. The second kappa shape index (κ2) is 14.4. The molecule has 0 bridgehead atoms. The highest BCUT2D eigenvalue weighted by atomic mass is 16.3. The first-order valence-corrected chi connectivity index (χ1v) is 21.4.